The fraction of sp³-hybridized carbons (Fsp3) is 0.294. The summed E-state index contributed by atoms with van der Waals surface area (Å²) < 4.78 is 4.87. The normalized spacial score (nSPS) is 10.4. The molecule has 0 aliphatic carbocycles. The number of ether oxygens (including phenoxy) is 1. The third-order valence-corrected chi connectivity index (χ3v) is 3.32. The first-order chi connectivity index (χ1) is 10.1. The molecule has 0 radical (unpaired) electrons. The van der Waals surface area contributed by atoms with E-state index in [4.69, 9.17) is 4.74 Å². The van der Waals surface area contributed by atoms with Crippen LogP contribution in [0.2, 0.25) is 0 Å². The van der Waals surface area contributed by atoms with Crippen LogP contribution in [0.5, 0.6) is 0 Å². The molecule has 0 atom stereocenters. The molecule has 0 aliphatic rings. The van der Waals surface area contributed by atoms with Crippen LogP contribution in [0, 0.1) is 0 Å². The van der Waals surface area contributed by atoms with Crippen molar-refractivity contribution >= 4 is 22.6 Å². The van der Waals surface area contributed by atoms with E-state index < -0.39 is 0 Å². The maximum atomic E-state index is 12.5. The molecule has 0 aromatic heterocycles. The molecule has 4 heteroatoms. The third-order valence-electron chi connectivity index (χ3n) is 3.32. The van der Waals surface area contributed by atoms with Crippen LogP contribution in [0.25, 0.3) is 10.8 Å². The fourth-order valence-electron chi connectivity index (χ4n) is 2.21. The van der Waals surface area contributed by atoms with E-state index >= 15 is 0 Å². The Kier molecular flexibility index (Phi) is 4.93. The van der Waals surface area contributed by atoms with Gasteiger partial charge in [0.1, 0.15) is 0 Å². The monoisotopic (exact) mass is 285 g/mol. The maximum absolute atomic E-state index is 12.5. The number of amides is 1. The van der Waals surface area contributed by atoms with Gasteiger partial charge in [0, 0.05) is 19.2 Å². The standard InChI is InChI=1S/C17H19NO3/c1-3-21-16(19)11-12-18(2)17(20)15-10-6-8-13-7-4-5-9-14(13)15/h4-10H,3,11-12H2,1-2H3. The van der Waals surface area contributed by atoms with Gasteiger partial charge in [0.25, 0.3) is 5.91 Å². The number of carbonyl (C=O) groups excluding carboxylic acids is 2. The summed E-state index contributed by atoms with van der Waals surface area (Å²) in [6, 6.07) is 13.4. The third kappa shape index (κ3) is 3.60. The minimum Gasteiger partial charge on any atom is -0.466 e. The average Bonchev–Trinajstić information content (AvgIpc) is 2.51. The molecule has 0 aliphatic heterocycles. The highest BCUT2D eigenvalue weighted by Crippen LogP contribution is 2.19. The van der Waals surface area contributed by atoms with Gasteiger partial charge in [-0.05, 0) is 23.8 Å². The van der Waals surface area contributed by atoms with Crippen LogP contribution < -0.4 is 0 Å². The van der Waals surface area contributed by atoms with Gasteiger partial charge in [-0.3, -0.25) is 9.59 Å². The van der Waals surface area contributed by atoms with E-state index in [1.54, 1.807) is 18.9 Å². The van der Waals surface area contributed by atoms with Gasteiger partial charge in [0.15, 0.2) is 0 Å². The summed E-state index contributed by atoms with van der Waals surface area (Å²) >= 11 is 0. The van der Waals surface area contributed by atoms with E-state index in [1.807, 2.05) is 42.5 Å². The molecule has 1 amide bonds. The molecule has 2 aromatic rings. The lowest BCUT2D eigenvalue weighted by molar-refractivity contribution is -0.143. The van der Waals surface area contributed by atoms with Gasteiger partial charge in [-0.15, -0.1) is 0 Å². The van der Waals surface area contributed by atoms with Crippen LogP contribution in [0.15, 0.2) is 42.5 Å². The lowest BCUT2D eigenvalue weighted by atomic mass is 10.0. The SMILES string of the molecule is CCOC(=O)CCN(C)C(=O)c1cccc2ccccc12. The summed E-state index contributed by atoms with van der Waals surface area (Å²) in [7, 11) is 1.70. The summed E-state index contributed by atoms with van der Waals surface area (Å²) in [5.74, 6) is -0.369. The van der Waals surface area contributed by atoms with Crippen molar-refractivity contribution < 1.29 is 14.3 Å². The van der Waals surface area contributed by atoms with Gasteiger partial charge in [-0.2, -0.15) is 0 Å². The highest BCUT2D eigenvalue weighted by atomic mass is 16.5. The number of hydrogen-bond acceptors (Lipinski definition) is 3. The Morgan fingerprint density at radius 1 is 1.10 bits per heavy atom. The van der Waals surface area contributed by atoms with Crippen molar-refractivity contribution in [2.45, 2.75) is 13.3 Å². The molecular weight excluding hydrogens is 266 g/mol. The van der Waals surface area contributed by atoms with Crippen LogP contribution in [-0.2, 0) is 9.53 Å². The molecule has 0 spiro atoms. The molecule has 4 nitrogen and oxygen atoms in total. The minimum atomic E-state index is -0.282. The van der Waals surface area contributed by atoms with Gasteiger partial charge in [-0.1, -0.05) is 36.4 Å². The van der Waals surface area contributed by atoms with E-state index in [1.165, 1.54) is 0 Å². The Hall–Kier alpha value is -2.36. The molecular formula is C17H19NO3. The highest BCUT2D eigenvalue weighted by molar-refractivity contribution is 6.06. The number of rotatable bonds is 5. The molecule has 0 unspecified atom stereocenters. The lowest BCUT2D eigenvalue weighted by Gasteiger charge is -2.17. The quantitative estimate of drug-likeness (QED) is 0.794. The Morgan fingerprint density at radius 3 is 2.57 bits per heavy atom. The summed E-state index contributed by atoms with van der Waals surface area (Å²) in [4.78, 5) is 25.4. The zero-order chi connectivity index (χ0) is 15.2. The van der Waals surface area contributed by atoms with Crippen molar-refractivity contribution in [1.82, 2.24) is 4.90 Å². The zero-order valence-corrected chi connectivity index (χ0v) is 12.3. The largest absolute Gasteiger partial charge is 0.466 e. The van der Waals surface area contributed by atoms with Crippen molar-refractivity contribution in [2.24, 2.45) is 0 Å². The number of nitrogens with zero attached hydrogens (tertiary/aromatic N) is 1. The average molecular weight is 285 g/mol. The van der Waals surface area contributed by atoms with Gasteiger partial charge >= 0.3 is 5.97 Å². The molecule has 0 saturated carbocycles. The van der Waals surface area contributed by atoms with Crippen LogP contribution in [0.4, 0.5) is 0 Å². The first kappa shape index (κ1) is 15.0. The number of benzene rings is 2. The Labute approximate surface area is 124 Å². The zero-order valence-electron chi connectivity index (χ0n) is 12.3. The van der Waals surface area contributed by atoms with Crippen molar-refractivity contribution in [2.75, 3.05) is 20.2 Å². The first-order valence-corrected chi connectivity index (χ1v) is 7.02. The van der Waals surface area contributed by atoms with E-state index in [0.29, 0.717) is 18.7 Å². The molecule has 0 N–H and O–H groups in total. The smallest absolute Gasteiger partial charge is 0.307 e. The summed E-state index contributed by atoms with van der Waals surface area (Å²) in [5, 5.41) is 1.95. The molecule has 0 saturated heterocycles. The Morgan fingerprint density at radius 2 is 1.81 bits per heavy atom. The van der Waals surface area contributed by atoms with Crippen LogP contribution in [0.3, 0.4) is 0 Å². The Bertz CT molecular complexity index is 646. The summed E-state index contributed by atoms with van der Waals surface area (Å²) in [6.45, 7) is 2.48. The molecule has 2 rings (SSSR count). The second-order valence-corrected chi connectivity index (χ2v) is 4.81. The van der Waals surface area contributed by atoms with Gasteiger partial charge in [-0.25, -0.2) is 0 Å². The molecule has 0 bridgehead atoms. The number of carbonyl (C=O) groups is 2. The highest BCUT2D eigenvalue weighted by Gasteiger charge is 2.15. The second-order valence-electron chi connectivity index (χ2n) is 4.81. The van der Waals surface area contributed by atoms with E-state index in [-0.39, 0.29) is 18.3 Å². The topological polar surface area (TPSA) is 46.6 Å². The lowest BCUT2D eigenvalue weighted by Crippen LogP contribution is -2.29. The van der Waals surface area contributed by atoms with Crippen LogP contribution >= 0.6 is 0 Å². The van der Waals surface area contributed by atoms with Gasteiger partial charge in [0.2, 0.25) is 0 Å². The molecule has 0 heterocycles. The number of fused-ring (bicyclic) bond motifs is 1. The van der Waals surface area contributed by atoms with Gasteiger partial charge < -0.3 is 9.64 Å². The van der Waals surface area contributed by atoms with Crippen molar-refractivity contribution in [3.63, 3.8) is 0 Å². The Balaban J connectivity index is 2.13. The van der Waals surface area contributed by atoms with Gasteiger partial charge in [0.05, 0.1) is 13.0 Å². The molecule has 110 valence electrons. The van der Waals surface area contributed by atoms with E-state index in [9.17, 15) is 9.59 Å². The van der Waals surface area contributed by atoms with E-state index in [2.05, 4.69) is 0 Å². The molecule has 21 heavy (non-hydrogen) atoms. The predicted octanol–water partition coefficient (Wildman–Crippen LogP) is 2.87. The predicted molar refractivity (Wildman–Crippen MR) is 82.2 cm³/mol. The van der Waals surface area contributed by atoms with Crippen LogP contribution in [-0.4, -0.2) is 37.0 Å². The fourth-order valence-corrected chi connectivity index (χ4v) is 2.21. The second kappa shape index (κ2) is 6.88. The van der Waals surface area contributed by atoms with E-state index in [0.717, 1.165) is 10.8 Å². The first-order valence-electron chi connectivity index (χ1n) is 7.02. The molecule has 2 aromatic carbocycles. The van der Waals surface area contributed by atoms with Crippen molar-refractivity contribution in [3.05, 3.63) is 48.0 Å². The van der Waals surface area contributed by atoms with Crippen LogP contribution in [0.1, 0.15) is 23.7 Å². The summed E-state index contributed by atoms with van der Waals surface area (Å²) in [5.41, 5.74) is 0.652. The molecule has 0 fully saturated rings. The van der Waals surface area contributed by atoms with Crippen molar-refractivity contribution in [1.29, 1.82) is 0 Å². The minimum absolute atomic E-state index is 0.0869. The summed E-state index contributed by atoms with van der Waals surface area (Å²) in [6.07, 6.45) is 0.209. The number of hydrogen-bond donors (Lipinski definition) is 0. The number of esters is 1. The van der Waals surface area contributed by atoms with Crippen molar-refractivity contribution in [3.8, 4) is 0 Å². The maximum Gasteiger partial charge on any atom is 0.307 e.